The molecule has 4 heteroatoms. The van der Waals surface area contributed by atoms with E-state index in [4.69, 9.17) is 0 Å². The van der Waals surface area contributed by atoms with Crippen LogP contribution >= 0.6 is 0 Å². The number of rotatable bonds is 3. The number of hydrogen-bond acceptors (Lipinski definition) is 2. The number of carbonyl (C=O) groups excluding carboxylic acids is 1. The van der Waals surface area contributed by atoms with E-state index in [2.05, 4.69) is 5.32 Å². The lowest BCUT2D eigenvalue weighted by Gasteiger charge is -2.06. The number of pyridine rings is 1. The SMILES string of the molecule is Cn1cc(NC(=O)Cc2ccccc2)ccc1=O. The monoisotopic (exact) mass is 242 g/mol. The molecule has 0 unspecified atom stereocenters. The fourth-order valence-corrected chi connectivity index (χ4v) is 1.65. The van der Waals surface area contributed by atoms with E-state index in [1.807, 2.05) is 30.3 Å². The van der Waals surface area contributed by atoms with Crippen molar-refractivity contribution in [2.75, 3.05) is 5.32 Å². The minimum Gasteiger partial charge on any atom is -0.324 e. The normalized spacial score (nSPS) is 10.1. The highest BCUT2D eigenvalue weighted by atomic mass is 16.1. The minimum atomic E-state index is -0.101. The number of anilines is 1. The molecule has 0 saturated carbocycles. The first-order valence-electron chi connectivity index (χ1n) is 5.65. The van der Waals surface area contributed by atoms with Crippen LogP contribution in [0.4, 0.5) is 5.69 Å². The molecule has 0 aliphatic heterocycles. The quantitative estimate of drug-likeness (QED) is 0.888. The van der Waals surface area contributed by atoms with Gasteiger partial charge in [-0.1, -0.05) is 30.3 Å². The Labute approximate surface area is 105 Å². The number of amides is 1. The van der Waals surface area contributed by atoms with Gasteiger partial charge < -0.3 is 9.88 Å². The third-order valence-electron chi connectivity index (χ3n) is 2.58. The van der Waals surface area contributed by atoms with Gasteiger partial charge in [0.15, 0.2) is 0 Å². The molecule has 0 aliphatic rings. The Morgan fingerprint density at radius 1 is 1.17 bits per heavy atom. The third-order valence-corrected chi connectivity index (χ3v) is 2.58. The molecule has 0 atom stereocenters. The molecule has 92 valence electrons. The first-order valence-corrected chi connectivity index (χ1v) is 5.65. The van der Waals surface area contributed by atoms with Crippen molar-refractivity contribution in [2.45, 2.75) is 6.42 Å². The summed E-state index contributed by atoms with van der Waals surface area (Å²) in [6.07, 6.45) is 1.93. The van der Waals surface area contributed by atoms with Crippen molar-refractivity contribution in [3.8, 4) is 0 Å². The van der Waals surface area contributed by atoms with Gasteiger partial charge in [0.05, 0.1) is 12.1 Å². The average Bonchev–Trinajstić information content (AvgIpc) is 2.35. The smallest absolute Gasteiger partial charge is 0.250 e. The summed E-state index contributed by atoms with van der Waals surface area (Å²) in [6, 6.07) is 12.5. The van der Waals surface area contributed by atoms with Gasteiger partial charge >= 0.3 is 0 Å². The third kappa shape index (κ3) is 3.07. The maximum absolute atomic E-state index is 11.8. The van der Waals surface area contributed by atoms with Crippen LogP contribution < -0.4 is 10.9 Å². The van der Waals surface area contributed by atoms with Crippen molar-refractivity contribution in [2.24, 2.45) is 7.05 Å². The second-order valence-electron chi connectivity index (χ2n) is 4.08. The van der Waals surface area contributed by atoms with Gasteiger partial charge in [-0.2, -0.15) is 0 Å². The van der Waals surface area contributed by atoms with Crippen LogP contribution in [0.5, 0.6) is 0 Å². The number of hydrogen-bond donors (Lipinski definition) is 1. The Morgan fingerprint density at radius 2 is 1.89 bits per heavy atom. The maximum atomic E-state index is 11.8. The molecule has 4 nitrogen and oxygen atoms in total. The minimum absolute atomic E-state index is 0.0974. The summed E-state index contributed by atoms with van der Waals surface area (Å²) in [7, 11) is 1.65. The molecule has 0 spiro atoms. The largest absolute Gasteiger partial charge is 0.324 e. The summed E-state index contributed by atoms with van der Waals surface area (Å²) < 4.78 is 1.43. The number of nitrogens with zero attached hydrogens (tertiary/aromatic N) is 1. The molecule has 0 fully saturated rings. The topological polar surface area (TPSA) is 51.1 Å². The van der Waals surface area contributed by atoms with Crippen LogP contribution in [-0.2, 0) is 18.3 Å². The van der Waals surface area contributed by atoms with Crippen molar-refractivity contribution in [1.82, 2.24) is 4.57 Å². The summed E-state index contributed by atoms with van der Waals surface area (Å²) in [4.78, 5) is 23.0. The summed E-state index contributed by atoms with van der Waals surface area (Å²) in [5.74, 6) is -0.0974. The number of aryl methyl sites for hydroxylation is 1. The van der Waals surface area contributed by atoms with Crippen LogP contribution in [-0.4, -0.2) is 10.5 Å². The fraction of sp³-hybridized carbons (Fsp3) is 0.143. The van der Waals surface area contributed by atoms with Crippen molar-refractivity contribution >= 4 is 11.6 Å². The van der Waals surface area contributed by atoms with Crippen molar-refractivity contribution < 1.29 is 4.79 Å². The standard InChI is InChI=1S/C14H14N2O2/c1-16-10-12(7-8-14(16)18)15-13(17)9-11-5-3-2-4-6-11/h2-8,10H,9H2,1H3,(H,15,17). The van der Waals surface area contributed by atoms with Crippen LogP contribution in [0.3, 0.4) is 0 Å². The highest BCUT2D eigenvalue weighted by molar-refractivity contribution is 5.92. The van der Waals surface area contributed by atoms with Gasteiger partial charge in [-0.15, -0.1) is 0 Å². The highest BCUT2D eigenvalue weighted by Crippen LogP contribution is 2.05. The first-order chi connectivity index (χ1) is 8.65. The lowest BCUT2D eigenvalue weighted by Crippen LogP contribution is -2.18. The van der Waals surface area contributed by atoms with Crippen LogP contribution in [0.2, 0.25) is 0 Å². The van der Waals surface area contributed by atoms with E-state index in [1.54, 1.807) is 19.3 Å². The van der Waals surface area contributed by atoms with Crippen molar-refractivity contribution in [3.05, 3.63) is 64.6 Å². The van der Waals surface area contributed by atoms with Gasteiger partial charge in [0.1, 0.15) is 0 Å². The van der Waals surface area contributed by atoms with Crippen LogP contribution in [0.15, 0.2) is 53.5 Å². The number of aromatic nitrogens is 1. The molecule has 2 rings (SSSR count). The van der Waals surface area contributed by atoms with Gasteiger partial charge in [-0.25, -0.2) is 0 Å². The zero-order valence-electron chi connectivity index (χ0n) is 10.1. The van der Waals surface area contributed by atoms with E-state index in [-0.39, 0.29) is 11.5 Å². The first kappa shape index (κ1) is 12.1. The lowest BCUT2D eigenvalue weighted by molar-refractivity contribution is -0.115. The van der Waals surface area contributed by atoms with E-state index in [9.17, 15) is 9.59 Å². The summed E-state index contributed by atoms with van der Waals surface area (Å²) in [5, 5.41) is 2.76. The second-order valence-corrected chi connectivity index (χ2v) is 4.08. The zero-order chi connectivity index (χ0) is 13.0. The molecule has 1 aromatic carbocycles. The molecule has 1 N–H and O–H groups in total. The predicted octanol–water partition coefficient (Wildman–Crippen LogP) is 1.57. The Kier molecular flexibility index (Phi) is 3.57. The molecular formula is C14H14N2O2. The highest BCUT2D eigenvalue weighted by Gasteiger charge is 2.04. The van der Waals surface area contributed by atoms with Gasteiger partial charge in [0.2, 0.25) is 11.5 Å². The number of nitrogens with one attached hydrogen (secondary N) is 1. The number of carbonyl (C=O) groups is 1. The van der Waals surface area contributed by atoms with E-state index in [0.717, 1.165) is 5.56 Å². The average molecular weight is 242 g/mol. The van der Waals surface area contributed by atoms with Crippen LogP contribution in [0.25, 0.3) is 0 Å². The number of benzene rings is 1. The second kappa shape index (κ2) is 5.31. The molecule has 0 aliphatic carbocycles. The lowest BCUT2D eigenvalue weighted by atomic mass is 10.1. The summed E-state index contributed by atoms with van der Waals surface area (Å²) >= 11 is 0. The molecule has 0 bridgehead atoms. The molecule has 1 amide bonds. The Morgan fingerprint density at radius 3 is 2.56 bits per heavy atom. The van der Waals surface area contributed by atoms with Gasteiger partial charge in [0.25, 0.3) is 0 Å². The Hall–Kier alpha value is -2.36. The molecule has 1 aromatic heterocycles. The van der Waals surface area contributed by atoms with E-state index >= 15 is 0 Å². The van der Waals surface area contributed by atoms with E-state index < -0.39 is 0 Å². The van der Waals surface area contributed by atoms with Gasteiger partial charge in [-0.3, -0.25) is 9.59 Å². The Balaban J connectivity index is 2.03. The summed E-state index contributed by atoms with van der Waals surface area (Å²) in [5.41, 5.74) is 1.48. The fourth-order valence-electron chi connectivity index (χ4n) is 1.65. The van der Waals surface area contributed by atoms with Gasteiger partial charge in [-0.05, 0) is 11.6 Å². The molecular weight excluding hydrogens is 228 g/mol. The van der Waals surface area contributed by atoms with Crippen molar-refractivity contribution in [1.29, 1.82) is 0 Å². The summed E-state index contributed by atoms with van der Waals surface area (Å²) in [6.45, 7) is 0. The van der Waals surface area contributed by atoms with Gasteiger partial charge in [0, 0.05) is 19.3 Å². The zero-order valence-corrected chi connectivity index (χ0v) is 10.1. The molecule has 0 saturated heterocycles. The van der Waals surface area contributed by atoms with E-state index in [0.29, 0.717) is 12.1 Å². The predicted molar refractivity (Wildman–Crippen MR) is 70.5 cm³/mol. The molecule has 18 heavy (non-hydrogen) atoms. The van der Waals surface area contributed by atoms with E-state index in [1.165, 1.54) is 10.6 Å². The van der Waals surface area contributed by atoms with Crippen LogP contribution in [0, 0.1) is 0 Å². The van der Waals surface area contributed by atoms with Crippen molar-refractivity contribution in [3.63, 3.8) is 0 Å². The molecule has 0 radical (unpaired) electrons. The van der Waals surface area contributed by atoms with Crippen LogP contribution in [0.1, 0.15) is 5.56 Å². The maximum Gasteiger partial charge on any atom is 0.250 e. The molecule has 1 heterocycles. The Bertz CT molecular complexity index is 603. The molecule has 2 aromatic rings.